The molecule has 164 valence electrons. The number of hydrogen-bond donors (Lipinski definition) is 1. The molecule has 0 spiro atoms. The van der Waals surface area contributed by atoms with Crippen molar-refractivity contribution in [3.63, 3.8) is 0 Å². The summed E-state index contributed by atoms with van der Waals surface area (Å²) in [4.78, 5) is 25.9. The van der Waals surface area contributed by atoms with E-state index in [4.69, 9.17) is 4.74 Å². The first-order valence-corrected chi connectivity index (χ1v) is 12.3. The highest BCUT2D eigenvalue weighted by Crippen LogP contribution is 2.64. The van der Waals surface area contributed by atoms with Gasteiger partial charge in [0.2, 0.25) is 0 Å². The summed E-state index contributed by atoms with van der Waals surface area (Å²) in [6.45, 7) is 9.65. The number of unbranched alkanes of at least 4 members (excludes halogenated alkanes) is 1. The van der Waals surface area contributed by atoms with Gasteiger partial charge in [0.1, 0.15) is 11.6 Å². The van der Waals surface area contributed by atoms with E-state index in [0.717, 1.165) is 77.5 Å². The van der Waals surface area contributed by atoms with Crippen molar-refractivity contribution >= 4 is 11.6 Å². The predicted molar refractivity (Wildman–Crippen MR) is 115 cm³/mol. The maximum Gasteiger partial charge on any atom is 0.139 e. The molecule has 1 N–H and O–H groups in total. The quantitative estimate of drug-likeness (QED) is 0.634. The highest BCUT2D eigenvalue weighted by Gasteiger charge is 2.62. The van der Waals surface area contributed by atoms with Crippen molar-refractivity contribution in [2.45, 2.75) is 91.1 Å². The van der Waals surface area contributed by atoms with E-state index in [2.05, 4.69) is 26.1 Å². The van der Waals surface area contributed by atoms with E-state index in [1.54, 1.807) is 0 Å². The average Bonchev–Trinajstić information content (AvgIpc) is 3.00. The van der Waals surface area contributed by atoms with Gasteiger partial charge >= 0.3 is 0 Å². The number of hydrogen-bond acceptors (Lipinski definition) is 4. The topological polar surface area (TPSA) is 55.4 Å². The number of rotatable bonds is 7. The normalized spacial score (nSPS) is 44.3. The Morgan fingerprint density at radius 1 is 1.07 bits per heavy atom. The second-order valence-corrected chi connectivity index (χ2v) is 10.9. The number of fused-ring (bicyclic) bond motifs is 5. The van der Waals surface area contributed by atoms with E-state index in [1.165, 1.54) is 0 Å². The van der Waals surface area contributed by atoms with Gasteiger partial charge < -0.3 is 10.1 Å². The maximum atomic E-state index is 13.3. The number of Topliss-reactive ketones (excluding diaryl/α,β-unsaturated/α-hetero) is 2. The Balaban J connectivity index is 1.38. The molecular weight excluding hydrogens is 362 g/mol. The van der Waals surface area contributed by atoms with Crippen molar-refractivity contribution in [1.82, 2.24) is 5.32 Å². The van der Waals surface area contributed by atoms with Gasteiger partial charge in [-0.1, -0.05) is 20.8 Å². The lowest BCUT2D eigenvalue weighted by Gasteiger charge is -2.59. The fourth-order valence-electron chi connectivity index (χ4n) is 7.71. The Morgan fingerprint density at radius 3 is 2.69 bits per heavy atom. The van der Waals surface area contributed by atoms with Crippen LogP contribution in [0.25, 0.3) is 0 Å². The zero-order valence-electron chi connectivity index (χ0n) is 18.8. The van der Waals surface area contributed by atoms with E-state index in [9.17, 15) is 9.59 Å². The van der Waals surface area contributed by atoms with E-state index in [1.807, 2.05) is 0 Å². The molecule has 4 rings (SSSR count). The van der Waals surface area contributed by atoms with Crippen molar-refractivity contribution in [3.8, 4) is 0 Å². The van der Waals surface area contributed by atoms with Gasteiger partial charge in [0.15, 0.2) is 0 Å². The molecule has 4 saturated carbocycles. The molecule has 4 aliphatic rings. The summed E-state index contributed by atoms with van der Waals surface area (Å²) in [5.41, 5.74) is -0.0184. The molecule has 4 fully saturated rings. The van der Waals surface area contributed by atoms with Crippen LogP contribution in [-0.4, -0.2) is 37.4 Å². The standard InChI is InChI=1S/C25H41NO3/c1-4-26-13-5-6-14-29-17-9-11-24(2)20-10-12-25(3)19(7-8-23(25)28)18(20)16-22(27)21(24)15-17/h17-21,26H,4-16H2,1-3H3/t17?,18-,19-,20+,21?,24+,25-/m0/s1. The minimum atomic E-state index is -0.141. The van der Waals surface area contributed by atoms with Gasteiger partial charge in [-0.05, 0) is 87.6 Å². The van der Waals surface area contributed by atoms with Gasteiger partial charge in [0.25, 0.3) is 0 Å². The molecule has 4 heteroatoms. The number of ether oxygens (including phenoxy) is 1. The van der Waals surface area contributed by atoms with Gasteiger partial charge in [0, 0.05) is 30.8 Å². The number of nitrogens with one attached hydrogen (secondary N) is 1. The fourth-order valence-corrected chi connectivity index (χ4v) is 7.71. The lowest BCUT2D eigenvalue weighted by atomic mass is 9.45. The monoisotopic (exact) mass is 403 g/mol. The summed E-state index contributed by atoms with van der Waals surface area (Å²) in [6, 6.07) is 0. The van der Waals surface area contributed by atoms with Crippen LogP contribution in [0.15, 0.2) is 0 Å². The van der Waals surface area contributed by atoms with Gasteiger partial charge in [-0.2, -0.15) is 0 Å². The molecule has 7 atom stereocenters. The van der Waals surface area contributed by atoms with Crippen LogP contribution in [0.1, 0.15) is 85.0 Å². The molecule has 0 aromatic carbocycles. The third-order valence-electron chi connectivity index (χ3n) is 9.47. The van der Waals surface area contributed by atoms with Crippen molar-refractivity contribution < 1.29 is 14.3 Å². The third kappa shape index (κ3) is 3.73. The first-order chi connectivity index (χ1) is 13.9. The number of carbonyl (C=O) groups excluding carboxylic acids is 2. The Bertz CT molecular complexity index is 634. The Morgan fingerprint density at radius 2 is 1.90 bits per heavy atom. The van der Waals surface area contributed by atoms with E-state index in [0.29, 0.717) is 35.7 Å². The molecule has 0 amide bonds. The van der Waals surface area contributed by atoms with E-state index >= 15 is 0 Å². The molecule has 0 aromatic rings. The fraction of sp³-hybridized carbons (Fsp3) is 0.920. The molecule has 0 aliphatic heterocycles. The molecule has 0 aromatic heterocycles. The van der Waals surface area contributed by atoms with Crippen LogP contribution in [0.4, 0.5) is 0 Å². The second kappa shape index (κ2) is 8.42. The van der Waals surface area contributed by atoms with Crippen LogP contribution in [0, 0.1) is 34.5 Å². The Hall–Kier alpha value is -0.740. The van der Waals surface area contributed by atoms with Crippen LogP contribution in [-0.2, 0) is 14.3 Å². The SMILES string of the molecule is CCNCCCCOC1CC[C@@]2(C)C(C1)C(=O)C[C@@H]1[C@H]2CC[C@]2(C)C(=O)CC[C@@H]12. The lowest BCUT2D eigenvalue weighted by Crippen LogP contribution is -2.57. The highest BCUT2D eigenvalue weighted by molar-refractivity contribution is 5.88. The number of carbonyl (C=O) groups is 2. The molecule has 4 aliphatic carbocycles. The zero-order chi connectivity index (χ0) is 20.6. The van der Waals surface area contributed by atoms with Crippen LogP contribution >= 0.6 is 0 Å². The van der Waals surface area contributed by atoms with Crippen LogP contribution in [0.3, 0.4) is 0 Å². The van der Waals surface area contributed by atoms with Gasteiger partial charge in [-0.15, -0.1) is 0 Å². The van der Waals surface area contributed by atoms with Gasteiger partial charge in [-0.25, -0.2) is 0 Å². The van der Waals surface area contributed by atoms with Crippen molar-refractivity contribution in [3.05, 3.63) is 0 Å². The number of ketones is 2. The molecule has 0 heterocycles. The second-order valence-electron chi connectivity index (χ2n) is 10.9. The van der Waals surface area contributed by atoms with Crippen molar-refractivity contribution in [2.75, 3.05) is 19.7 Å². The van der Waals surface area contributed by atoms with Gasteiger partial charge in [0.05, 0.1) is 6.10 Å². The van der Waals surface area contributed by atoms with Crippen LogP contribution < -0.4 is 5.32 Å². The van der Waals surface area contributed by atoms with Crippen molar-refractivity contribution in [2.24, 2.45) is 34.5 Å². The molecule has 0 saturated heterocycles. The minimum absolute atomic E-state index is 0.123. The van der Waals surface area contributed by atoms with Gasteiger partial charge in [-0.3, -0.25) is 9.59 Å². The lowest BCUT2D eigenvalue weighted by molar-refractivity contribution is -0.162. The van der Waals surface area contributed by atoms with Crippen molar-refractivity contribution in [1.29, 1.82) is 0 Å². The molecule has 2 unspecified atom stereocenters. The molecule has 29 heavy (non-hydrogen) atoms. The first-order valence-electron chi connectivity index (χ1n) is 12.3. The molecule has 0 bridgehead atoms. The summed E-state index contributed by atoms with van der Waals surface area (Å²) in [5.74, 6) is 2.62. The summed E-state index contributed by atoms with van der Waals surface area (Å²) >= 11 is 0. The maximum absolute atomic E-state index is 13.3. The summed E-state index contributed by atoms with van der Waals surface area (Å²) in [5, 5.41) is 3.36. The third-order valence-corrected chi connectivity index (χ3v) is 9.47. The molecular formula is C25H41NO3. The van der Waals surface area contributed by atoms with E-state index < -0.39 is 0 Å². The predicted octanol–water partition coefficient (Wildman–Crippen LogP) is 4.55. The average molecular weight is 404 g/mol. The molecule has 0 radical (unpaired) electrons. The zero-order valence-corrected chi connectivity index (χ0v) is 18.8. The van der Waals surface area contributed by atoms with E-state index in [-0.39, 0.29) is 22.9 Å². The Kier molecular flexibility index (Phi) is 6.24. The summed E-state index contributed by atoms with van der Waals surface area (Å²) < 4.78 is 6.22. The first kappa shape index (κ1) is 21.5. The Labute approximate surface area is 176 Å². The highest BCUT2D eigenvalue weighted by atomic mass is 16.5. The summed E-state index contributed by atoms with van der Waals surface area (Å²) in [6.07, 6.45) is 10.3. The smallest absolute Gasteiger partial charge is 0.139 e. The summed E-state index contributed by atoms with van der Waals surface area (Å²) in [7, 11) is 0. The largest absolute Gasteiger partial charge is 0.378 e. The molecule has 4 nitrogen and oxygen atoms in total. The minimum Gasteiger partial charge on any atom is -0.378 e. The van der Waals surface area contributed by atoms with Crippen LogP contribution in [0.2, 0.25) is 0 Å². The van der Waals surface area contributed by atoms with Crippen LogP contribution in [0.5, 0.6) is 0 Å².